The van der Waals surface area contributed by atoms with Gasteiger partial charge in [0.1, 0.15) is 18.0 Å². The number of benzene rings is 3. The molecule has 0 spiro atoms. The first-order chi connectivity index (χ1) is 22.1. The Balaban J connectivity index is 0.958. The van der Waals surface area contributed by atoms with Crippen LogP contribution in [0.1, 0.15) is 61.1 Å². The number of H-pyrrole nitrogens is 1. The maximum absolute atomic E-state index is 13.8. The molecule has 3 aliphatic heterocycles. The molecule has 8 heteroatoms. The Hall–Kier alpha value is -4.40. The summed E-state index contributed by atoms with van der Waals surface area (Å²) in [6, 6.07) is 27.6. The molecular weight excluding hydrogens is 558 g/mol. The molecule has 4 heterocycles. The minimum absolute atomic E-state index is 0.0496. The lowest BCUT2D eigenvalue weighted by molar-refractivity contribution is -0.136. The van der Waals surface area contributed by atoms with Crippen molar-refractivity contribution >= 4 is 11.6 Å². The minimum atomic E-state index is -0.238. The molecule has 2 saturated heterocycles. The SMILES string of the molecule is CN(CC1NC=C(c2ccc(-c3ccc(-c4cnc([C@@H]5CCCN5)[nH]4)cc3)cc2)N1)C(=O)[C@@H](c1ccccc1)N1CCCCC1. The molecule has 1 aromatic heterocycles. The molecule has 3 atom stereocenters. The summed E-state index contributed by atoms with van der Waals surface area (Å²) in [6.45, 7) is 3.56. The van der Waals surface area contributed by atoms with Gasteiger partial charge in [0, 0.05) is 13.2 Å². The molecule has 3 aliphatic rings. The molecule has 0 aliphatic carbocycles. The maximum atomic E-state index is 13.8. The molecule has 45 heavy (non-hydrogen) atoms. The Kier molecular flexibility index (Phi) is 8.67. The largest absolute Gasteiger partial charge is 0.368 e. The number of nitrogens with zero attached hydrogens (tertiary/aromatic N) is 3. The lowest BCUT2D eigenvalue weighted by Crippen LogP contribution is -2.49. The number of carbonyl (C=O) groups excluding carboxylic acids is 1. The molecule has 8 nitrogen and oxygen atoms in total. The molecule has 4 N–H and O–H groups in total. The smallest absolute Gasteiger partial charge is 0.244 e. The van der Waals surface area contributed by atoms with Crippen molar-refractivity contribution in [1.29, 1.82) is 0 Å². The maximum Gasteiger partial charge on any atom is 0.244 e. The average molecular weight is 602 g/mol. The van der Waals surface area contributed by atoms with E-state index < -0.39 is 0 Å². The summed E-state index contributed by atoms with van der Waals surface area (Å²) in [5.74, 6) is 1.18. The summed E-state index contributed by atoms with van der Waals surface area (Å²) in [7, 11) is 1.92. The second-order valence-corrected chi connectivity index (χ2v) is 12.5. The van der Waals surface area contributed by atoms with Crippen LogP contribution in [0.5, 0.6) is 0 Å². The summed E-state index contributed by atoms with van der Waals surface area (Å²) in [4.78, 5) is 26.2. The second kappa shape index (κ2) is 13.3. The molecule has 1 amide bonds. The molecule has 2 fully saturated rings. The zero-order chi connectivity index (χ0) is 30.6. The van der Waals surface area contributed by atoms with Gasteiger partial charge in [-0.15, -0.1) is 0 Å². The number of imidazole rings is 1. The van der Waals surface area contributed by atoms with Crippen molar-refractivity contribution in [1.82, 2.24) is 35.7 Å². The van der Waals surface area contributed by atoms with E-state index in [9.17, 15) is 4.79 Å². The van der Waals surface area contributed by atoms with Crippen molar-refractivity contribution in [3.8, 4) is 22.4 Å². The number of aromatic amines is 1. The number of rotatable bonds is 9. The van der Waals surface area contributed by atoms with Crippen molar-refractivity contribution in [2.45, 2.75) is 50.4 Å². The van der Waals surface area contributed by atoms with Gasteiger partial charge < -0.3 is 25.8 Å². The van der Waals surface area contributed by atoms with Crippen molar-refractivity contribution in [2.75, 3.05) is 33.2 Å². The monoisotopic (exact) mass is 601 g/mol. The number of amides is 1. The molecule has 0 bridgehead atoms. The number of likely N-dealkylation sites (tertiary alicyclic amines) is 1. The first kappa shape index (κ1) is 29.3. The Morgan fingerprint density at radius 3 is 2.27 bits per heavy atom. The van der Waals surface area contributed by atoms with Crippen LogP contribution in [0.3, 0.4) is 0 Å². The van der Waals surface area contributed by atoms with E-state index in [1.165, 1.54) is 24.0 Å². The molecule has 3 aromatic carbocycles. The zero-order valence-electron chi connectivity index (χ0n) is 26.0. The van der Waals surface area contributed by atoms with Gasteiger partial charge in [-0.05, 0) is 73.1 Å². The quantitative estimate of drug-likeness (QED) is 0.198. The van der Waals surface area contributed by atoms with Crippen LogP contribution in [0.2, 0.25) is 0 Å². The Labute approximate surface area is 265 Å². The van der Waals surface area contributed by atoms with Crippen LogP contribution in [0.15, 0.2) is 91.3 Å². The number of nitrogens with one attached hydrogen (secondary N) is 4. The molecule has 0 saturated carbocycles. The van der Waals surface area contributed by atoms with Crippen LogP contribution >= 0.6 is 0 Å². The lowest BCUT2D eigenvalue weighted by Gasteiger charge is -2.36. The Morgan fingerprint density at radius 1 is 0.889 bits per heavy atom. The van der Waals surface area contributed by atoms with Crippen LogP contribution < -0.4 is 16.0 Å². The van der Waals surface area contributed by atoms with Gasteiger partial charge in [0.05, 0.1) is 30.2 Å². The van der Waals surface area contributed by atoms with Gasteiger partial charge >= 0.3 is 0 Å². The minimum Gasteiger partial charge on any atom is -0.368 e. The molecule has 7 rings (SSSR count). The van der Waals surface area contributed by atoms with E-state index in [2.05, 4.69) is 91.5 Å². The number of hydrogen-bond acceptors (Lipinski definition) is 6. The van der Waals surface area contributed by atoms with Crippen molar-refractivity contribution in [3.05, 3.63) is 108 Å². The molecule has 232 valence electrons. The van der Waals surface area contributed by atoms with Crippen LogP contribution in [-0.2, 0) is 4.79 Å². The van der Waals surface area contributed by atoms with Crippen molar-refractivity contribution in [3.63, 3.8) is 0 Å². The fourth-order valence-corrected chi connectivity index (χ4v) is 6.88. The predicted octanol–water partition coefficient (Wildman–Crippen LogP) is 5.67. The van der Waals surface area contributed by atoms with E-state index in [-0.39, 0.29) is 18.1 Å². The van der Waals surface area contributed by atoms with Crippen LogP contribution in [0, 0.1) is 0 Å². The molecule has 1 unspecified atom stereocenters. The van der Waals surface area contributed by atoms with Crippen LogP contribution in [0.4, 0.5) is 0 Å². The van der Waals surface area contributed by atoms with Gasteiger partial charge in [-0.2, -0.15) is 0 Å². The molecular formula is C37H43N7O. The van der Waals surface area contributed by atoms with E-state index in [0.29, 0.717) is 12.6 Å². The van der Waals surface area contributed by atoms with E-state index in [4.69, 9.17) is 0 Å². The normalized spacial score (nSPS) is 20.7. The zero-order valence-corrected chi connectivity index (χ0v) is 26.0. The van der Waals surface area contributed by atoms with Gasteiger partial charge in [-0.3, -0.25) is 9.69 Å². The topological polar surface area (TPSA) is 88.3 Å². The van der Waals surface area contributed by atoms with Crippen molar-refractivity contribution in [2.24, 2.45) is 0 Å². The predicted molar refractivity (Wildman–Crippen MR) is 180 cm³/mol. The van der Waals surface area contributed by atoms with E-state index in [0.717, 1.165) is 72.8 Å². The number of carbonyl (C=O) groups is 1. The van der Waals surface area contributed by atoms with E-state index in [1.54, 1.807) is 0 Å². The Bertz CT molecular complexity index is 1600. The highest BCUT2D eigenvalue weighted by atomic mass is 16.2. The van der Waals surface area contributed by atoms with Gasteiger partial charge in [-0.25, -0.2) is 4.98 Å². The highest BCUT2D eigenvalue weighted by molar-refractivity contribution is 5.83. The third-order valence-corrected chi connectivity index (χ3v) is 9.41. The Morgan fingerprint density at radius 2 is 1.58 bits per heavy atom. The third-order valence-electron chi connectivity index (χ3n) is 9.41. The lowest BCUT2D eigenvalue weighted by atomic mass is 10.0. The highest BCUT2D eigenvalue weighted by Gasteiger charge is 2.32. The average Bonchev–Trinajstić information content (AvgIpc) is 3.89. The second-order valence-electron chi connectivity index (χ2n) is 12.5. The highest BCUT2D eigenvalue weighted by Crippen LogP contribution is 2.29. The van der Waals surface area contributed by atoms with Gasteiger partial charge in [-0.1, -0.05) is 85.3 Å². The third kappa shape index (κ3) is 6.53. The number of hydrogen-bond donors (Lipinski definition) is 4. The van der Waals surface area contributed by atoms with Gasteiger partial charge in [0.15, 0.2) is 0 Å². The summed E-state index contributed by atoms with van der Waals surface area (Å²) >= 11 is 0. The first-order valence-corrected chi connectivity index (χ1v) is 16.4. The molecule has 0 radical (unpaired) electrons. The van der Waals surface area contributed by atoms with Crippen LogP contribution in [-0.4, -0.2) is 65.1 Å². The summed E-state index contributed by atoms with van der Waals surface area (Å²) in [6.07, 6.45) is 9.78. The number of aromatic nitrogens is 2. The van der Waals surface area contributed by atoms with E-state index >= 15 is 0 Å². The van der Waals surface area contributed by atoms with E-state index in [1.807, 2.05) is 42.5 Å². The number of piperidine rings is 1. The fraction of sp³-hybridized carbons (Fsp3) is 0.351. The summed E-state index contributed by atoms with van der Waals surface area (Å²) in [5, 5.41) is 10.5. The van der Waals surface area contributed by atoms with Gasteiger partial charge in [0.2, 0.25) is 5.91 Å². The first-order valence-electron chi connectivity index (χ1n) is 16.4. The van der Waals surface area contributed by atoms with Crippen molar-refractivity contribution < 1.29 is 4.79 Å². The van der Waals surface area contributed by atoms with Gasteiger partial charge in [0.25, 0.3) is 0 Å². The summed E-state index contributed by atoms with van der Waals surface area (Å²) < 4.78 is 0. The standard InChI is InChI=1S/C37H43N7O/c1-43(37(45)35(30-9-4-2-5-10-30)44-21-6-3-7-22-44)25-34-39-23-32(41-34)28-16-12-26(13-17-28)27-14-18-29(19-15-27)33-24-40-36(42-33)31-11-8-20-38-31/h2,4-5,9-10,12-19,23-24,31,34-35,38-39,41H,3,6-8,11,20-22,25H2,1H3,(H,40,42)/t31-,34?,35+/m0/s1. The number of likely N-dealkylation sites (N-methyl/N-ethyl adjacent to an activating group) is 1. The summed E-state index contributed by atoms with van der Waals surface area (Å²) in [5.41, 5.74) is 7.75. The molecule has 4 aromatic rings. The van der Waals surface area contributed by atoms with Crippen LogP contribution in [0.25, 0.3) is 28.1 Å². The fourth-order valence-electron chi connectivity index (χ4n) is 6.88.